The molecule has 2 amide bonds. The van der Waals surface area contributed by atoms with Gasteiger partial charge in [-0.05, 0) is 70.1 Å². The summed E-state index contributed by atoms with van der Waals surface area (Å²) in [5, 5.41) is 0. The van der Waals surface area contributed by atoms with Crippen molar-refractivity contribution in [2.75, 3.05) is 26.2 Å². The molecule has 0 saturated carbocycles. The number of rotatable bonds is 3. The lowest BCUT2D eigenvalue weighted by Gasteiger charge is -2.40. The van der Waals surface area contributed by atoms with Crippen molar-refractivity contribution in [2.24, 2.45) is 17.6 Å². The summed E-state index contributed by atoms with van der Waals surface area (Å²) in [6.45, 7) is 7.76. The van der Waals surface area contributed by atoms with E-state index in [-0.39, 0.29) is 23.7 Å². The maximum Gasteiger partial charge on any atom is 0.410 e. The lowest BCUT2D eigenvalue weighted by molar-refractivity contribution is -0.139. The fourth-order valence-electron chi connectivity index (χ4n) is 4.40. The second-order valence-corrected chi connectivity index (χ2v) is 9.61. The number of hydrogen-bond donors (Lipinski definition) is 1. The average molecular weight is 420 g/mol. The van der Waals surface area contributed by atoms with E-state index in [2.05, 4.69) is 0 Å². The van der Waals surface area contributed by atoms with Gasteiger partial charge in [-0.25, -0.2) is 9.18 Å². The summed E-state index contributed by atoms with van der Waals surface area (Å²) in [6.07, 6.45) is 3.04. The van der Waals surface area contributed by atoms with Gasteiger partial charge in [-0.2, -0.15) is 0 Å². The molecule has 2 aliphatic rings. The maximum absolute atomic E-state index is 13.2. The lowest BCUT2D eigenvalue weighted by Crippen LogP contribution is -2.56. The van der Waals surface area contributed by atoms with Crippen LogP contribution in [0.15, 0.2) is 24.3 Å². The highest BCUT2D eigenvalue weighted by molar-refractivity contribution is 5.80. The van der Waals surface area contributed by atoms with Crippen LogP contribution in [0.5, 0.6) is 0 Å². The predicted molar refractivity (Wildman–Crippen MR) is 113 cm³/mol. The Bertz CT molecular complexity index is 747. The largest absolute Gasteiger partial charge is 0.444 e. The van der Waals surface area contributed by atoms with Gasteiger partial charge in [-0.1, -0.05) is 12.1 Å². The normalized spacial score (nSPS) is 25.2. The second kappa shape index (κ2) is 9.33. The van der Waals surface area contributed by atoms with Crippen LogP contribution in [0.25, 0.3) is 0 Å². The zero-order valence-electron chi connectivity index (χ0n) is 18.3. The summed E-state index contributed by atoms with van der Waals surface area (Å²) in [7, 11) is 0. The van der Waals surface area contributed by atoms with Gasteiger partial charge in [0.15, 0.2) is 0 Å². The molecule has 3 rings (SSSR count). The van der Waals surface area contributed by atoms with Crippen molar-refractivity contribution in [3.05, 3.63) is 35.6 Å². The predicted octanol–water partition coefficient (Wildman–Crippen LogP) is 3.19. The summed E-state index contributed by atoms with van der Waals surface area (Å²) < 4.78 is 18.6. The van der Waals surface area contributed by atoms with E-state index in [0.29, 0.717) is 32.0 Å². The molecule has 2 fully saturated rings. The topological polar surface area (TPSA) is 75.9 Å². The number of likely N-dealkylation sites (tertiary alicyclic amines) is 2. The van der Waals surface area contributed by atoms with Crippen molar-refractivity contribution < 1.29 is 18.7 Å². The Balaban J connectivity index is 1.54. The number of piperidine rings is 2. The van der Waals surface area contributed by atoms with Gasteiger partial charge < -0.3 is 20.3 Å². The van der Waals surface area contributed by atoms with Crippen molar-refractivity contribution >= 4 is 12.0 Å². The van der Waals surface area contributed by atoms with Gasteiger partial charge in [0, 0.05) is 32.2 Å². The molecular formula is C23H34FN3O3. The van der Waals surface area contributed by atoms with E-state index in [9.17, 15) is 14.0 Å². The molecular weight excluding hydrogens is 385 g/mol. The number of carbonyl (C=O) groups excluding carboxylic acids is 2. The van der Waals surface area contributed by atoms with E-state index < -0.39 is 11.6 Å². The lowest BCUT2D eigenvalue weighted by atomic mass is 9.87. The van der Waals surface area contributed by atoms with Gasteiger partial charge >= 0.3 is 6.09 Å². The molecule has 0 unspecified atom stereocenters. The number of halogens is 1. The van der Waals surface area contributed by atoms with Crippen LogP contribution < -0.4 is 5.73 Å². The number of benzene rings is 1. The van der Waals surface area contributed by atoms with Crippen molar-refractivity contribution in [1.82, 2.24) is 9.80 Å². The van der Waals surface area contributed by atoms with Crippen LogP contribution in [0.3, 0.4) is 0 Å². The van der Waals surface area contributed by atoms with Gasteiger partial charge in [-0.3, -0.25) is 4.79 Å². The smallest absolute Gasteiger partial charge is 0.410 e. The van der Waals surface area contributed by atoms with Crippen molar-refractivity contribution in [3.63, 3.8) is 0 Å². The third-order valence-electron chi connectivity index (χ3n) is 5.90. The summed E-state index contributed by atoms with van der Waals surface area (Å²) >= 11 is 0. The fraction of sp³-hybridized carbons (Fsp3) is 0.652. The molecule has 30 heavy (non-hydrogen) atoms. The number of ether oxygens (including phenoxy) is 1. The number of nitrogens with zero attached hydrogens (tertiary/aromatic N) is 2. The van der Waals surface area contributed by atoms with E-state index in [1.807, 2.05) is 37.8 Å². The van der Waals surface area contributed by atoms with Gasteiger partial charge in [0.2, 0.25) is 5.91 Å². The van der Waals surface area contributed by atoms with Crippen LogP contribution >= 0.6 is 0 Å². The first-order chi connectivity index (χ1) is 14.1. The highest BCUT2D eigenvalue weighted by Gasteiger charge is 2.38. The Morgan fingerprint density at radius 3 is 2.43 bits per heavy atom. The standard InChI is InChI=1S/C23H34FN3O3/c1-23(2,3)30-22(29)27-12-10-19(20(25)15-27)21(28)26-11-4-5-17(14-26)13-16-6-8-18(24)9-7-16/h6-9,17,19-20H,4-5,10-15,25H2,1-3H3/t17-,19-,20-/m0/s1. The molecule has 0 bridgehead atoms. The molecule has 7 heteroatoms. The Morgan fingerprint density at radius 1 is 1.10 bits per heavy atom. The van der Waals surface area contributed by atoms with Gasteiger partial charge in [0.05, 0.1) is 5.92 Å². The first-order valence-corrected chi connectivity index (χ1v) is 10.9. The minimum atomic E-state index is -0.554. The van der Waals surface area contributed by atoms with Crippen LogP contribution in [0.2, 0.25) is 0 Å². The molecule has 2 heterocycles. The van der Waals surface area contributed by atoms with Gasteiger partial charge in [0.1, 0.15) is 11.4 Å². The molecule has 1 aromatic carbocycles. The highest BCUT2D eigenvalue weighted by atomic mass is 19.1. The van der Waals surface area contributed by atoms with Crippen molar-refractivity contribution in [3.8, 4) is 0 Å². The third kappa shape index (κ3) is 5.94. The molecule has 166 valence electrons. The molecule has 0 aliphatic carbocycles. The van der Waals surface area contributed by atoms with E-state index in [1.165, 1.54) is 12.1 Å². The Hall–Kier alpha value is -2.15. The molecule has 1 aromatic rings. The Morgan fingerprint density at radius 2 is 1.80 bits per heavy atom. The molecule has 2 saturated heterocycles. The summed E-state index contributed by atoms with van der Waals surface area (Å²) in [4.78, 5) is 29.0. The quantitative estimate of drug-likeness (QED) is 0.816. The average Bonchev–Trinajstić information content (AvgIpc) is 2.68. The van der Waals surface area contributed by atoms with Crippen LogP contribution in [-0.4, -0.2) is 59.6 Å². The zero-order valence-corrected chi connectivity index (χ0v) is 18.3. The number of amides is 2. The summed E-state index contributed by atoms with van der Waals surface area (Å²) in [6, 6.07) is 6.21. The van der Waals surface area contributed by atoms with Crippen LogP contribution in [0, 0.1) is 17.7 Å². The highest BCUT2D eigenvalue weighted by Crippen LogP contribution is 2.26. The van der Waals surface area contributed by atoms with E-state index in [1.54, 1.807) is 4.90 Å². The second-order valence-electron chi connectivity index (χ2n) is 9.61. The fourth-order valence-corrected chi connectivity index (χ4v) is 4.40. The van der Waals surface area contributed by atoms with E-state index in [4.69, 9.17) is 10.5 Å². The molecule has 2 N–H and O–H groups in total. The van der Waals surface area contributed by atoms with E-state index in [0.717, 1.165) is 31.4 Å². The zero-order chi connectivity index (χ0) is 21.9. The SMILES string of the molecule is CC(C)(C)OC(=O)N1CC[C@H](C(=O)N2CCC[C@@H](Cc3ccc(F)cc3)C2)[C@@H](N)C1. The molecule has 2 aliphatic heterocycles. The van der Waals surface area contributed by atoms with Crippen molar-refractivity contribution in [1.29, 1.82) is 0 Å². The molecule has 3 atom stereocenters. The van der Waals surface area contributed by atoms with E-state index >= 15 is 0 Å². The van der Waals surface area contributed by atoms with Gasteiger partial charge in [-0.15, -0.1) is 0 Å². The minimum absolute atomic E-state index is 0.0927. The number of hydrogen-bond acceptors (Lipinski definition) is 4. The van der Waals surface area contributed by atoms with Crippen LogP contribution in [0.4, 0.5) is 9.18 Å². The van der Waals surface area contributed by atoms with Crippen LogP contribution in [-0.2, 0) is 16.0 Å². The first-order valence-electron chi connectivity index (χ1n) is 10.9. The molecule has 0 aromatic heterocycles. The van der Waals surface area contributed by atoms with Gasteiger partial charge in [0.25, 0.3) is 0 Å². The monoisotopic (exact) mass is 419 g/mol. The Labute approximate surface area is 178 Å². The first kappa shape index (κ1) is 22.5. The minimum Gasteiger partial charge on any atom is -0.444 e. The van der Waals surface area contributed by atoms with Crippen LogP contribution in [0.1, 0.15) is 45.6 Å². The number of nitrogens with two attached hydrogens (primary N) is 1. The van der Waals surface area contributed by atoms with Crippen molar-refractivity contribution in [2.45, 2.75) is 58.1 Å². The summed E-state index contributed by atoms with van der Waals surface area (Å²) in [5.41, 5.74) is 6.86. The number of carbonyl (C=O) groups is 2. The molecule has 0 spiro atoms. The summed E-state index contributed by atoms with van der Waals surface area (Å²) in [5.74, 6) is -0.0412. The Kier molecular flexibility index (Phi) is 7.01. The molecule has 0 radical (unpaired) electrons. The third-order valence-corrected chi connectivity index (χ3v) is 5.90. The molecule has 6 nitrogen and oxygen atoms in total. The maximum atomic E-state index is 13.2.